The molecule has 0 saturated heterocycles. The molecule has 3 heteroatoms. The Hall–Kier alpha value is -0.643. The van der Waals surface area contributed by atoms with Gasteiger partial charge in [0.25, 0.3) is 0 Å². The Morgan fingerprint density at radius 1 is 1.18 bits per heavy atom. The molecule has 0 aromatic heterocycles. The molecule has 0 aliphatic heterocycles. The molecule has 0 amide bonds. The van der Waals surface area contributed by atoms with Crippen molar-refractivity contribution in [2.75, 3.05) is 19.9 Å². The predicted molar refractivity (Wildman–Crippen MR) is 77.0 cm³/mol. The zero-order chi connectivity index (χ0) is 12.7. The van der Waals surface area contributed by atoms with Gasteiger partial charge in [0, 0.05) is 19.8 Å². The molecule has 0 radical (unpaired) electrons. The van der Waals surface area contributed by atoms with Crippen LogP contribution in [0.2, 0.25) is 19.6 Å². The molecule has 0 spiro atoms. The number of hydrogen-bond acceptors (Lipinski definition) is 2. The minimum absolute atomic E-state index is 0.419. The predicted octanol–water partition coefficient (Wildman–Crippen LogP) is 3.23. The Balaban J connectivity index is 2.61. The van der Waals surface area contributed by atoms with Crippen molar-refractivity contribution in [1.29, 1.82) is 0 Å². The summed E-state index contributed by atoms with van der Waals surface area (Å²) in [6.07, 6.45) is 2.18. The van der Waals surface area contributed by atoms with Gasteiger partial charge in [-0.05, 0) is 18.2 Å². The van der Waals surface area contributed by atoms with Crippen LogP contribution < -0.4 is 5.32 Å². The lowest BCUT2D eigenvalue weighted by Crippen LogP contribution is -2.38. The van der Waals surface area contributed by atoms with Gasteiger partial charge in [0.05, 0.1) is 8.07 Å². The van der Waals surface area contributed by atoms with Gasteiger partial charge in [-0.1, -0.05) is 50.0 Å². The number of methoxy groups -OCH3 is 1. The maximum absolute atomic E-state index is 5.20. The Labute approximate surface area is 106 Å². The molecule has 96 valence electrons. The lowest BCUT2D eigenvalue weighted by molar-refractivity contribution is 0.183. The summed E-state index contributed by atoms with van der Waals surface area (Å²) in [4.78, 5) is 0. The topological polar surface area (TPSA) is 21.3 Å². The van der Waals surface area contributed by atoms with Crippen LogP contribution in [0.4, 0.5) is 0 Å². The molecule has 0 heterocycles. The van der Waals surface area contributed by atoms with Crippen molar-refractivity contribution < 1.29 is 4.74 Å². The van der Waals surface area contributed by atoms with E-state index in [1.807, 2.05) is 0 Å². The summed E-state index contributed by atoms with van der Waals surface area (Å²) < 4.78 is 5.20. The van der Waals surface area contributed by atoms with Gasteiger partial charge in [-0.2, -0.15) is 0 Å². The van der Waals surface area contributed by atoms with Crippen molar-refractivity contribution in [3.05, 3.63) is 35.9 Å². The molecule has 1 aromatic rings. The van der Waals surface area contributed by atoms with Crippen LogP contribution in [-0.2, 0) is 4.74 Å². The molecule has 1 aromatic carbocycles. The summed E-state index contributed by atoms with van der Waals surface area (Å²) in [6.45, 7) is 7.97. The van der Waals surface area contributed by atoms with Crippen molar-refractivity contribution in [3.63, 3.8) is 0 Å². The van der Waals surface area contributed by atoms with Crippen molar-refractivity contribution >= 4 is 8.07 Å². The average molecular weight is 251 g/mol. The maximum atomic E-state index is 5.20. The first-order valence-corrected chi connectivity index (χ1v) is 10.0. The Morgan fingerprint density at radius 2 is 1.82 bits per heavy atom. The van der Waals surface area contributed by atoms with Gasteiger partial charge < -0.3 is 10.1 Å². The SMILES string of the molecule is COCCC(NC[Si](C)(C)C)c1ccccc1. The summed E-state index contributed by atoms with van der Waals surface area (Å²) in [5, 5.41) is 3.69. The van der Waals surface area contributed by atoms with Crippen molar-refractivity contribution in [2.24, 2.45) is 0 Å². The van der Waals surface area contributed by atoms with Gasteiger partial charge in [0.15, 0.2) is 0 Å². The molecule has 1 N–H and O–H groups in total. The lowest BCUT2D eigenvalue weighted by Gasteiger charge is -2.24. The molecule has 0 aliphatic carbocycles. The summed E-state index contributed by atoms with van der Waals surface area (Å²) in [7, 11) is 0.720. The number of ether oxygens (including phenoxy) is 1. The minimum atomic E-state index is -1.04. The fourth-order valence-corrected chi connectivity index (χ4v) is 2.60. The normalized spacial score (nSPS) is 13.6. The van der Waals surface area contributed by atoms with Gasteiger partial charge in [-0.25, -0.2) is 0 Å². The van der Waals surface area contributed by atoms with E-state index in [1.54, 1.807) is 7.11 Å². The Bertz CT molecular complexity index is 308. The van der Waals surface area contributed by atoms with E-state index < -0.39 is 8.07 Å². The molecular weight excluding hydrogens is 226 g/mol. The molecule has 0 aliphatic rings. The highest BCUT2D eigenvalue weighted by molar-refractivity contribution is 6.76. The molecule has 2 nitrogen and oxygen atoms in total. The first-order chi connectivity index (χ1) is 8.03. The summed E-state index contributed by atoms with van der Waals surface area (Å²) in [6, 6.07) is 11.1. The first kappa shape index (κ1) is 14.4. The fourth-order valence-electron chi connectivity index (χ4n) is 1.74. The highest BCUT2D eigenvalue weighted by atomic mass is 28.3. The molecule has 1 unspecified atom stereocenters. The molecule has 0 bridgehead atoms. The van der Waals surface area contributed by atoms with Crippen molar-refractivity contribution in [2.45, 2.75) is 32.1 Å². The smallest absolute Gasteiger partial charge is 0.0596 e. The fraction of sp³-hybridized carbons (Fsp3) is 0.571. The summed E-state index contributed by atoms with van der Waals surface area (Å²) >= 11 is 0. The third kappa shape index (κ3) is 6.01. The van der Waals surface area contributed by atoms with Gasteiger partial charge in [0.1, 0.15) is 0 Å². The van der Waals surface area contributed by atoms with E-state index in [-0.39, 0.29) is 0 Å². The first-order valence-electron chi connectivity index (χ1n) is 6.30. The second-order valence-electron chi connectivity index (χ2n) is 5.69. The van der Waals surface area contributed by atoms with Crippen LogP contribution in [-0.4, -0.2) is 28.0 Å². The molecular formula is C14H25NOSi. The Morgan fingerprint density at radius 3 is 2.35 bits per heavy atom. The van der Waals surface area contributed by atoms with Gasteiger partial charge in [0.2, 0.25) is 0 Å². The monoisotopic (exact) mass is 251 g/mol. The molecule has 0 fully saturated rings. The van der Waals surface area contributed by atoms with Crippen LogP contribution in [0.25, 0.3) is 0 Å². The van der Waals surface area contributed by atoms with Gasteiger partial charge in [-0.3, -0.25) is 0 Å². The van der Waals surface area contributed by atoms with Crippen molar-refractivity contribution in [3.8, 4) is 0 Å². The number of hydrogen-bond donors (Lipinski definition) is 1. The minimum Gasteiger partial charge on any atom is -0.385 e. The number of rotatable bonds is 7. The Kier molecular flexibility index (Phi) is 5.89. The summed E-state index contributed by atoms with van der Waals surface area (Å²) in [5.41, 5.74) is 1.36. The van der Waals surface area contributed by atoms with E-state index in [0.29, 0.717) is 6.04 Å². The molecule has 1 atom stereocenters. The zero-order valence-electron chi connectivity index (χ0n) is 11.5. The van der Waals surface area contributed by atoms with Crippen LogP contribution in [0.5, 0.6) is 0 Å². The van der Waals surface area contributed by atoms with Gasteiger partial charge in [-0.15, -0.1) is 0 Å². The standard InChI is InChI=1S/C14H25NOSi/c1-16-11-10-14(15-12-17(2,3)4)13-8-6-5-7-9-13/h5-9,14-15H,10-12H2,1-4H3. The largest absolute Gasteiger partial charge is 0.385 e. The van der Waals surface area contributed by atoms with E-state index in [2.05, 4.69) is 55.3 Å². The quantitative estimate of drug-likeness (QED) is 0.751. The zero-order valence-corrected chi connectivity index (χ0v) is 12.5. The number of benzene rings is 1. The van der Waals surface area contributed by atoms with Crippen molar-refractivity contribution in [1.82, 2.24) is 5.32 Å². The third-order valence-corrected chi connectivity index (χ3v) is 3.96. The molecule has 1 rings (SSSR count). The summed E-state index contributed by atoms with van der Waals surface area (Å²) in [5.74, 6) is 0. The van der Waals surface area contributed by atoms with Gasteiger partial charge >= 0.3 is 0 Å². The van der Waals surface area contributed by atoms with Crippen LogP contribution in [0.1, 0.15) is 18.0 Å². The highest BCUT2D eigenvalue weighted by Gasteiger charge is 2.17. The highest BCUT2D eigenvalue weighted by Crippen LogP contribution is 2.17. The lowest BCUT2D eigenvalue weighted by atomic mass is 10.0. The van der Waals surface area contributed by atoms with Crippen LogP contribution in [0.3, 0.4) is 0 Å². The molecule has 17 heavy (non-hydrogen) atoms. The number of nitrogens with one attached hydrogen (secondary N) is 1. The average Bonchev–Trinajstić information content (AvgIpc) is 2.29. The van der Waals surface area contributed by atoms with E-state index in [1.165, 1.54) is 5.56 Å². The van der Waals surface area contributed by atoms with Crippen LogP contribution in [0.15, 0.2) is 30.3 Å². The van der Waals surface area contributed by atoms with Crippen LogP contribution >= 0.6 is 0 Å². The maximum Gasteiger partial charge on any atom is 0.0596 e. The molecule has 0 saturated carbocycles. The third-order valence-electron chi connectivity index (χ3n) is 2.69. The van der Waals surface area contributed by atoms with Crippen LogP contribution in [0, 0.1) is 0 Å². The second kappa shape index (κ2) is 6.94. The van der Waals surface area contributed by atoms with E-state index in [0.717, 1.165) is 19.2 Å². The van der Waals surface area contributed by atoms with E-state index >= 15 is 0 Å². The van der Waals surface area contributed by atoms with E-state index in [9.17, 15) is 0 Å². The second-order valence-corrected chi connectivity index (χ2v) is 11.2. The van der Waals surface area contributed by atoms with E-state index in [4.69, 9.17) is 4.74 Å².